The van der Waals surface area contributed by atoms with Gasteiger partial charge in [0.15, 0.2) is 0 Å². The lowest BCUT2D eigenvalue weighted by atomic mass is 10.2. The van der Waals surface area contributed by atoms with Crippen LogP contribution >= 0.6 is 7.82 Å². The Balaban J connectivity index is 0.000000508. The van der Waals surface area contributed by atoms with Crippen molar-refractivity contribution in [3.8, 4) is 0 Å². The first-order valence-corrected chi connectivity index (χ1v) is 9.45. The largest absolute Gasteiger partial charge is 0.756 e. The van der Waals surface area contributed by atoms with Crippen molar-refractivity contribution in [3.63, 3.8) is 0 Å². The summed E-state index contributed by atoms with van der Waals surface area (Å²) >= 11 is 0. The summed E-state index contributed by atoms with van der Waals surface area (Å²) in [6.45, 7) is 1.04. The van der Waals surface area contributed by atoms with Gasteiger partial charge in [0.05, 0.1) is 27.7 Å². The highest BCUT2D eigenvalue weighted by atomic mass is 31.2. The van der Waals surface area contributed by atoms with E-state index in [1.165, 1.54) is 4.90 Å². The summed E-state index contributed by atoms with van der Waals surface area (Å²) in [4.78, 5) is 30.9. The van der Waals surface area contributed by atoms with Gasteiger partial charge in [-0.25, -0.2) is 4.79 Å². The number of likely N-dealkylation sites (N-methyl/N-ethyl adjacent to an activating group) is 2. The molecule has 0 aliphatic carbocycles. The number of hydrogen-bond acceptors (Lipinski definition) is 6. The molecule has 9 nitrogen and oxygen atoms in total. The maximum absolute atomic E-state index is 11.3. The third-order valence-electron chi connectivity index (χ3n) is 2.97. The lowest BCUT2D eigenvalue weighted by molar-refractivity contribution is -0.870. The summed E-state index contributed by atoms with van der Waals surface area (Å²) in [5.74, 6) is 0. The fourth-order valence-electron chi connectivity index (χ4n) is 1.50. The Morgan fingerprint density at radius 2 is 1.85 bits per heavy atom. The quantitative estimate of drug-likeness (QED) is 0.486. The van der Waals surface area contributed by atoms with E-state index in [9.17, 15) is 14.3 Å². The third-order valence-corrected chi connectivity index (χ3v) is 3.48. The number of phosphoric ester groups is 1. The minimum atomic E-state index is -4.51. The minimum absolute atomic E-state index is 0.0147. The van der Waals surface area contributed by atoms with Gasteiger partial charge < -0.3 is 33.5 Å². The Kier molecular flexibility index (Phi) is 11.3. The van der Waals surface area contributed by atoms with Crippen molar-refractivity contribution in [3.05, 3.63) is 35.9 Å². The van der Waals surface area contributed by atoms with Crippen LogP contribution < -0.4 is 4.89 Å². The molecule has 0 radical (unpaired) electrons. The van der Waals surface area contributed by atoms with E-state index in [4.69, 9.17) is 14.7 Å². The molecule has 150 valence electrons. The minimum Gasteiger partial charge on any atom is -0.756 e. The van der Waals surface area contributed by atoms with Crippen LogP contribution in [0.1, 0.15) is 5.56 Å². The number of carbonyl (C=O) groups is 1. The summed E-state index contributed by atoms with van der Waals surface area (Å²) in [5, 5.41) is 8.62. The van der Waals surface area contributed by atoms with Gasteiger partial charge in [0.25, 0.3) is 7.82 Å². The maximum atomic E-state index is 11.3. The van der Waals surface area contributed by atoms with Gasteiger partial charge in [0, 0.05) is 13.6 Å². The van der Waals surface area contributed by atoms with E-state index in [2.05, 4.69) is 4.52 Å². The normalized spacial score (nSPS) is 13.2. The summed E-state index contributed by atoms with van der Waals surface area (Å²) in [7, 11) is 2.77. The van der Waals surface area contributed by atoms with Crippen LogP contribution in [0.25, 0.3) is 0 Å². The number of phosphoric acid groups is 1. The van der Waals surface area contributed by atoms with Gasteiger partial charge in [-0.1, -0.05) is 30.3 Å². The predicted octanol–water partition coefficient (Wildman–Crippen LogP) is 0.417. The van der Waals surface area contributed by atoms with Crippen molar-refractivity contribution in [1.29, 1.82) is 0 Å². The SMILES string of the molecule is CN(CCO)C(=O)OCc1ccccc1.C[N+](C)(C)CCOP(=O)([O-])O. The van der Waals surface area contributed by atoms with Gasteiger partial charge in [-0.3, -0.25) is 4.57 Å². The van der Waals surface area contributed by atoms with Gasteiger partial charge in [0.1, 0.15) is 19.8 Å². The number of nitrogens with zero attached hydrogens (tertiary/aromatic N) is 2. The van der Waals surface area contributed by atoms with Crippen LogP contribution in [-0.2, 0) is 20.4 Å². The molecular weight excluding hydrogens is 363 g/mol. The second kappa shape index (κ2) is 12.0. The van der Waals surface area contributed by atoms with Gasteiger partial charge in [-0.05, 0) is 5.56 Å². The van der Waals surface area contributed by atoms with Gasteiger partial charge >= 0.3 is 6.09 Å². The highest BCUT2D eigenvalue weighted by Gasteiger charge is 2.09. The summed E-state index contributed by atoms with van der Waals surface area (Å²) in [6, 6.07) is 9.46. The summed E-state index contributed by atoms with van der Waals surface area (Å²) in [5.41, 5.74) is 0.947. The van der Waals surface area contributed by atoms with E-state index in [1.807, 2.05) is 51.5 Å². The molecule has 0 spiro atoms. The highest BCUT2D eigenvalue weighted by molar-refractivity contribution is 7.44. The van der Waals surface area contributed by atoms with Crippen LogP contribution in [0.5, 0.6) is 0 Å². The molecule has 1 unspecified atom stereocenters. The fourth-order valence-corrected chi connectivity index (χ4v) is 1.81. The Bertz CT molecular complexity index is 557. The molecule has 1 atom stereocenters. The van der Waals surface area contributed by atoms with Crippen LogP contribution in [0.2, 0.25) is 0 Å². The van der Waals surface area contributed by atoms with Gasteiger partial charge in [-0.15, -0.1) is 0 Å². The Labute approximate surface area is 154 Å². The monoisotopic (exact) mass is 392 g/mol. The van der Waals surface area contributed by atoms with E-state index >= 15 is 0 Å². The third kappa shape index (κ3) is 14.8. The van der Waals surface area contributed by atoms with Crippen molar-refractivity contribution < 1.29 is 38.0 Å². The zero-order valence-electron chi connectivity index (χ0n) is 15.7. The molecule has 1 rings (SSSR count). The Morgan fingerprint density at radius 3 is 2.31 bits per heavy atom. The number of aliphatic hydroxyl groups is 1. The number of rotatable bonds is 8. The van der Waals surface area contributed by atoms with Gasteiger partial charge in [0.2, 0.25) is 0 Å². The molecule has 1 amide bonds. The molecule has 0 aliphatic heterocycles. The molecule has 0 aromatic heterocycles. The maximum Gasteiger partial charge on any atom is 0.409 e. The first kappa shape index (κ1) is 24.5. The number of ether oxygens (including phenoxy) is 1. The molecule has 0 saturated carbocycles. The molecule has 10 heteroatoms. The lowest BCUT2D eigenvalue weighted by Gasteiger charge is -2.25. The Hall–Kier alpha value is -1.48. The second-order valence-electron chi connectivity index (χ2n) is 6.50. The zero-order valence-corrected chi connectivity index (χ0v) is 16.6. The van der Waals surface area contributed by atoms with Crippen LogP contribution in [0, 0.1) is 0 Å². The number of carbonyl (C=O) groups excluding carboxylic acids is 1. The molecule has 0 saturated heterocycles. The first-order valence-electron chi connectivity index (χ1n) is 7.96. The molecule has 0 bridgehead atoms. The van der Waals surface area contributed by atoms with E-state index in [0.29, 0.717) is 11.0 Å². The number of hydrogen-bond donors (Lipinski definition) is 2. The first-order chi connectivity index (χ1) is 11.9. The molecule has 0 heterocycles. The number of aliphatic hydroxyl groups excluding tert-OH is 1. The molecule has 1 aromatic rings. The predicted molar refractivity (Wildman–Crippen MR) is 95.0 cm³/mol. The van der Waals surface area contributed by atoms with Crippen molar-refractivity contribution in [2.75, 3.05) is 54.5 Å². The van der Waals surface area contributed by atoms with E-state index < -0.39 is 13.9 Å². The van der Waals surface area contributed by atoms with Crippen LogP contribution in [0.15, 0.2) is 30.3 Å². The smallest absolute Gasteiger partial charge is 0.409 e. The molecule has 0 aliphatic rings. The van der Waals surface area contributed by atoms with Gasteiger partial charge in [-0.2, -0.15) is 0 Å². The molecule has 1 aromatic carbocycles. The number of amides is 1. The van der Waals surface area contributed by atoms with E-state index in [1.54, 1.807) is 7.05 Å². The van der Waals surface area contributed by atoms with E-state index in [-0.39, 0.29) is 26.4 Å². The van der Waals surface area contributed by atoms with Crippen molar-refractivity contribution >= 4 is 13.9 Å². The van der Waals surface area contributed by atoms with Crippen LogP contribution in [0.3, 0.4) is 0 Å². The summed E-state index contributed by atoms with van der Waals surface area (Å²) in [6.07, 6.45) is -0.423. The van der Waals surface area contributed by atoms with Crippen molar-refractivity contribution in [1.82, 2.24) is 4.90 Å². The molecular formula is C16H29N2O7P. The summed E-state index contributed by atoms with van der Waals surface area (Å²) < 4.78 is 19.8. The Morgan fingerprint density at radius 1 is 1.27 bits per heavy atom. The number of quaternary nitrogens is 1. The zero-order chi connectivity index (χ0) is 20.2. The second-order valence-corrected chi connectivity index (χ2v) is 7.70. The van der Waals surface area contributed by atoms with E-state index in [0.717, 1.165) is 5.56 Å². The molecule has 26 heavy (non-hydrogen) atoms. The van der Waals surface area contributed by atoms with Crippen LogP contribution in [0.4, 0.5) is 4.79 Å². The van der Waals surface area contributed by atoms with Crippen molar-refractivity contribution in [2.24, 2.45) is 0 Å². The molecule has 0 fully saturated rings. The lowest BCUT2D eigenvalue weighted by Crippen LogP contribution is -2.37. The standard InChI is InChI=1S/C11H15NO3.C5H14NO4P/c1-12(7-8-13)11(14)15-9-10-5-3-2-4-6-10;1-6(2,3)4-5-10-11(7,8)9/h2-6,13H,7-9H2,1H3;4-5H2,1-3H3,(H-,7,8,9). The topological polar surface area (TPSA) is 119 Å². The average Bonchev–Trinajstić information content (AvgIpc) is 2.52. The van der Waals surface area contributed by atoms with Crippen molar-refractivity contribution in [2.45, 2.75) is 6.61 Å². The molecule has 2 N–H and O–H groups in total. The average molecular weight is 392 g/mol. The fraction of sp³-hybridized carbons (Fsp3) is 0.562. The highest BCUT2D eigenvalue weighted by Crippen LogP contribution is 2.29. The van der Waals surface area contributed by atoms with Crippen LogP contribution in [-0.4, -0.2) is 80.0 Å². The number of benzene rings is 1.